The van der Waals surface area contributed by atoms with E-state index in [1.54, 1.807) is 6.07 Å². The second-order valence-electron chi connectivity index (χ2n) is 7.89. The van der Waals surface area contributed by atoms with Gasteiger partial charge in [-0.3, -0.25) is 9.69 Å². The number of aromatic nitrogens is 2. The lowest BCUT2D eigenvalue weighted by atomic mass is 9.97. The summed E-state index contributed by atoms with van der Waals surface area (Å²) in [5, 5.41) is 7.76. The van der Waals surface area contributed by atoms with Crippen LogP contribution in [0.15, 0.2) is 53.1 Å². The fourth-order valence-corrected chi connectivity index (χ4v) is 4.06. The van der Waals surface area contributed by atoms with Crippen LogP contribution in [-0.4, -0.2) is 40.6 Å². The van der Waals surface area contributed by atoms with Crippen molar-refractivity contribution in [2.75, 3.05) is 19.7 Å². The SMILES string of the molecule is CCOc1ccc(CNC(=O)C2CCCN(Cc3nc(-c4cccc(Cl)c4)no3)C2)cc1. The number of nitrogens with zero attached hydrogens (tertiary/aromatic N) is 3. The van der Waals surface area contributed by atoms with Crippen LogP contribution in [0, 0.1) is 5.92 Å². The van der Waals surface area contributed by atoms with Crippen LogP contribution >= 0.6 is 11.6 Å². The number of hydrogen-bond donors (Lipinski definition) is 1. The van der Waals surface area contributed by atoms with Crippen LogP contribution in [-0.2, 0) is 17.9 Å². The lowest BCUT2D eigenvalue weighted by Gasteiger charge is -2.30. The molecule has 1 unspecified atom stereocenters. The van der Waals surface area contributed by atoms with Crippen molar-refractivity contribution in [2.45, 2.75) is 32.9 Å². The largest absolute Gasteiger partial charge is 0.494 e. The Balaban J connectivity index is 1.29. The Labute approximate surface area is 192 Å². The molecule has 7 nitrogen and oxygen atoms in total. The Bertz CT molecular complexity index is 1040. The van der Waals surface area contributed by atoms with Gasteiger partial charge in [0, 0.05) is 23.7 Å². The maximum atomic E-state index is 12.7. The molecule has 1 atom stereocenters. The Kier molecular flexibility index (Phi) is 7.39. The van der Waals surface area contributed by atoms with E-state index in [1.165, 1.54) is 0 Å². The first-order valence-electron chi connectivity index (χ1n) is 10.9. The standard InChI is InChI=1S/C24H27ClN4O3/c1-2-31-21-10-8-17(9-11-21)14-26-24(30)19-6-4-12-29(15-19)16-22-27-23(28-32-22)18-5-3-7-20(25)13-18/h3,5,7-11,13,19H,2,4,6,12,14-16H2,1H3,(H,26,30). The summed E-state index contributed by atoms with van der Waals surface area (Å²) in [6, 6.07) is 15.2. The minimum Gasteiger partial charge on any atom is -0.494 e. The first-order valence-corrected chi connectivity index (χ1v) is 11.3. The molecule has 8 heteroatoms. The van der Waals surface area contributed by atoms with Crippen molar-refractivity contribution in [1.29, 1.82) is 0 Å². The van der Waals surface area contributed by atoms with Gasteiger partial charge in [-0.05, 0) is 56.1 Å². The summed E-state index contributed by atoms with van der Waals surface area (Å²) in [6.45, 7) is 5.20. The van der Waals surface area contributed by atoms with Crippen molar-refractivity contribution in [3.8, 4) is 17.1 Å². The highest BCUT2D eigenvalue weighted by atomic mass is 35.5. The fraction of sp³-hybridized carbons (Fsp3) is 0.375. The van der Waals surface area contributed by atoms with E-state index in [1.807, 2.05) is 49.4 Å². The average Bonchev–Trinajstić information content (AvgIpc) is 3.27. The van der Waals surface area contributed by atoms with Crippen molar-refractivity contribution in [3.63, 3.8) is 0 Å². The van der Waals surface area contributed by atoms with Crippen molar-refractivity contribution in [3.05, 3.63) is 65.0 Å². The normalized spacial score (nSPS) is 16.6. The van der Waals surface area contributed by atoms with Crippen LogP contribution < -0.4 is 10.1 Å². The second kappa shape index (κ2) is 10.6. The lowest BCUT2D eigenvalue weighted by Crippen LogP contribution is -2.42. The molecule has 2 aromatic carbocycles. The van der Waals surface area contributed by atoms with Gasteiger partial charge in [-0.2, -0.15) is 4.98 Å². The molecule has 168 valence electrons. The monoisotopic (exact) mass is 454 g/mol. The lowest BCUT2D eigenvalue weighted by molar-refractivity contribution is -0.127. The minimum atomic E-state index is -0.0539. The predicted molar refractivity (Wildman–Crippen MR) is 122 cm³/mol. The number of halogens is 1. The quantitative estimate of drug-likeness (QED) is 0.546. The summed E-state index contributed by atoms with van der Waals surface area (Å²) >= 11 is 6.05. The molecule has 3 aromatic rings. The van der Waals surface area contributed by atoms with E-state index in [9.17, 15) is 4.79 Å². The summed E-state index contributed by atoms with van der Waals surface area (Å²) in [7, 11) is 0. The van der Waals surface area contributed by atoms with E-state index in [0.717, 1.165) is 36.3 Å². The van der Waals surface area contributed by atoms with Gasteiger partial charge in [-0.25, -0.2) is 0 Å². The number of carbonyl (C=O) groups is 1. The van der Waals surface area contributed by atoms with Crippen molar-refractivity contribution < 1.29 is 14.1 Å². The topological polar surface area (TPSA) is 80.5 Å². The summed E-state index contributed by atoms with van der Waals surface area (Å²) in [6.07, 6.45) is 1.83. The van der Waals surface area contributed by atoms with Gasteiger partial charge in [-0.1, -0.05) is 41.0 Å². The highest BCUT2D eigenvalue weighted by Gasteiger charge is 2.26. The molecule has 1 aromatic heterocycles. The van der Waals surface area contributed by atoms with Crippen LogP contribution in [0.1, 0.15) is 31.2 Å². The van der Waals surface area contributed by atoms with E-state index >= 15 is 0 Å². The summed E-state index contributed by atoms with van der Waals surface area (Å²) in [5.41, 5.74) is 1.87. The average molecular weight is 455 g/mol. The van der Waals surface area contributed by atoms with Crippen molar-refractivity contribution >= 4 is 17.5 Å². The number of amides is 1. The third-order valence-corrected chi connectivity index (χ3v) is 5.72. The molecule has 0 bridgehead atoms. The van der Waals surface area contributed by atoms with Gasteiger partial charge in [0.25, 0.3) is 0 Å². The van der Waals surface area contributed by atoms with Crippen molar-refractivity contribution in [2.24, 2.45) is 5.92 Å². The highest BCUT2D eigenvalue weighted by Crippen LogP contribution is 2.22. The molecular weight excluding hydrogens is 428 g/mol. The van der Waals surface area contributed by atoms with E-state index in [0.29, 0.717) is 43.0 Å². The predicted octanol–water partition coefficient (Wildman–Crippen LogP) is 4.32. The fourth-order valence-electron chi connectivity index (χ4n) is 3.87. The number of hydrogen-bond acceptors (Lipinski definition) is 6. The summed E-state index contributed by atoms with van der Waals surface area (Å²) in [5.74, 6) is 1.92. The van der Waals surface area contributed by atoms with E-state index in [4.69, 9.17) is 20.9 Å². The Morgan fingerprint density at radius 3 is 2.91 bits per heavy atom. The molecule has 2 heterocycles. The van der Waals surface area contributed by atoms with Crippen LogP contribution in [0.3, 0.4) is 0 Å². The number of piperidine rings is 1. The van der Waals surface area contributed by atoms with Gasteiger partial charge < -0.3 is 14.6 Å². The van der Waals surface area contributed by atoms with Crippen LogP contribution in [0.5, 0.6) is 5.75 Å². The van der Waals surface area contributed by atoms with Gasteiger partial charge in [0.15, 0.2) is 0 Å². The van der Waals surface area contributed by atoms with Crippen LogP contribution in [0.4, 0.5) is 0 Å². The molecule has 1 fully saturated rings. The molecule has 1 amide bonds. The number of ether oxygens (including phenoxy) is 1. The van der Waals surface area contributed by atoms with Crippen LogP contribution in [0.25, 0.3) is 11.4 Å². The number of benzene rings is 2. The van der Waals surface area contributed by atoms with Crippen molar-refractivity contribution in [1.82, 2.24) is 20.4 Å². The summed E-state index contributed by atoms with van der Waals surface area (Å²) in [4.78, 5) is 19.4. The zero-order chi connectivity index (χ0) is 22.3. The molecule has 0 aliphatic carbocycles. The molecular formula is C24H27ClN4O3. The zero-order valence-electron chi connectivity index (χ0n) is 18.1. The Morgan fingerprint density at radius 2 is 2.12 bits per heavy atom. The second-order valence-corrected chi connectivity index (χ2v) is 8.33. The minimum absolute atomic E-state index is 0.0539. The first kappa shape index (κ1) is 22.3. The number of carbonyl (C=O) groups excluding carboxylic acids is 1. The molecule has 1 aliphatic rings. The molecule has 0 spiro atoms. The third kappa shape index (κ3) is 5.87. The molecule has 1 aliphatic heterocycles. The number of likely N-dealkylation sites (tertiary alicyclic amines) is 1. The molecule has 0 saturated carbocycles. The molecule has 0 radical (unpaired) electrons. The highest BCUT2D eigenvalue weighted by molar-refractivity contribution is 6.30. The van der Waals surface area contributed by atoms with Gasteiger partial charge in [0.1, 0.15) is 5.75 Å². The maximum Gasteiger partial charge on any atom is 0.241 e. The van der Waals surface area contributed by atoms with Gasteiger partial charge in [0.05, 0.1) is 19.1 Å². The van der Waals surface area contributed by atoms with E-state index < -0.39 is 0 Å². The molecule has 1 N–H and O–H groups in total. The van der Waals surface area contributed by atoms with Gasteiger partial charge in [-0.15, -0.1) is 0 Å². The van der Waals surface area contributed by atoms with E-state index in [-0.39, 0.29) is 11.8 Å². The Hall–Kier alpha value is -2.90. The maximum absolute atomic E-state index is 12.7. The smallest absolute Gasteiger partial charge is 0.241 e. The van der Waals surface area contributed by atoms with Gasteiger partial charge >= 0.3 is 0 Å². The Morgan fingerprint density at radius 1 is 1.28 bits per heavy atom. The molecule has 1 saturated heterocycles. The van der Waals surface area contributed by atoms with Gasteiger partial charge in [0.2, 0.25) is 17.6 Å². The number of nitrogens with one attached hydrogen (secondary N) is 1. The molecule has 4 rings (SSSR count). The van der Waals surface area contributed by atoms with Crippen LogP contribution in [0.2, 0.25) is 5.02 Å². The number of rotatable bonds is 8. The summed E-state index contributed by atoms with van der Waals surface area (Å²) < 4.78 is 10.9. The zero-order valence-corrected chi connectivity index (χ0v) is 18.8. The first-order chi connectivity index (χ1) is 15.6. The van der Waals surface area contributed by atoms with E-state index in [2.05, 4.69) is 20.4 Å². The molecule has 32 heavy (non-hydrogen) atoms. The third-order valence-electron chi connectivity index (χ3n) is 5.49.